The first kappa shape index (κ1) is 20.6. The molecule has 1 heteroatoms. The van der Waals surface area contributed by atoms with Crippen LogP contribution in [0.25, 0.3) is 21.9 Å². The van der Waals surface area contributed by atoms with E-state index in [0.717, 1.165) is 41.3 Å². The standard InChI is InChI=1S/C30H25F/c1-3-5-6-23-7-9-24(10-8-23)13-16-26-17-18-28-21-27(19-20-29(28)30(26)31)25-14-11-22(4-2)12-15-25/h3,7-12,14-15,17-21H,1,4-6H2,2H3. The van der Waals surface area contributed by atoms with E-state index < -0.39 is 0 Å². The minimum atomic E-state index is -0.263. The van der Waals surface area contributed by atoms with Gasteiger partial charge in [0, 0.05) is 10.9 Å². The van der Waals surface area contributed by atoms with Gasteiger partial charge in [0.05, 0.1) is 5.56 Å². The number of allylic oxidation sites excluding steroid dienone is 1. The van der Waals surface area contributed by atoms with Crippen LogP contribution in [0.1, 0.15) is 35.6 Å². The van der Waals surface area contributed by atoms with Crippen LogP contribution < -0.4 is 0 Å². The zero-order valence-electron chi connectivity index (χ0n) is 17.8. The average molecular weight is 405 g/mol. The number of rotatable bonds is 5. The lowest BCUT2D eigenvalue weighted by Gasteiger charge is -2.07. The molecule has 0 radical (unpaired) electrons. The summed E-state index contributed by atoms with van der Waals surface area (Å²) in [5.41, 5.74) is 6.09. The molecular formula is C30H25F. The van der Waals surface area contributed by atoms with Gasteiger partial charge in [0.25, 0.3) is 0 Å². The molecule has 0 N–H and O–H groups in total. The minimum Gasteiger partial charge on any atom is -0.205 e. The van der Waals surface area contributed by atoms with Gasteiger partial charge >= 0.3 is 0 Å². The fourth-order valence-electron chi connectivity index (χ4n) is 3.66. The molecule has 0 spiro atoms. The fraction of sp³-hybridized carbons (Fsp3) is 0.133. The molecule has 4 rings (SSSR count). The van der Waals surface area contributed by atoms with Gasteiger partial charge in [-0.3, -0.25) is 0 Å². The Morgan fingerprint density at radius 3 is 2.23 bits per heavy atom. The van der Waals surface area contributed by atoms with Crippen LogP contribution >= 0.6 is 0 Å². The summed E-state index contributed by atoms with van der Waals surface area (Å²) < 4.78 is 15.1. The molecule has 31 heavy (non-hydrogen) atoms. The average Bonchev–Trinajstić information content (AvgIpc) is 2.83. The SMILES string of the molecule is C=CCCc1ccc(C#Cc2ccc3cc(-c4ccc(CC)cc4)ccc3c2F)cc1. The van der Waals surface area contributed by atoms with Crippen molar-refractivity contribution in [3.05, 3.63) is 120 Å². The molecule has 0 aromatic heterocycles. The van der Waals surface area contributed by atoms with Crippen LogP contribution in [0.2, 0.25) is 0 Å². The molecule has 0 saturated heterocycles. The maximum atomic E-state index is 15.1. The normalized spacial score (nSPS) is 10.5. The first-order valence-electron chi connectivity index (χ1n) is 10.7. The summed E-state index contributed by atoms with van der Waals surface area (Å²) >= 11 is 0. The Balaban J connectivity index is 1.60. The summed E-state index contributed by atoms with van der Waals surface area (Å²) in [5, 5.41) is 1.48. The van der Waals surface area contributed by atoms with E-state index in [0.29, 0.717) is 10.9 Å². The van der Waals surface area contributed by atoms with Crippen LogP contribution in [-0.4, -0.2) is 0 Å². The highest BCUT2D eigenvalue weighted by molar-refractivity contribution is 5.89. The van der Waals surface area contributed by atoms with Crippen LogP contribution in [0.15, 0.2) is 91.5 Å². The Morgan fingerprint density at radius 1 is 0.806 bits per heavy atom. The predicted octanol–water partition coefficient (Wildman–Crippen LogP) is 7.73. The lowest BCUT2D eigenvalue weighted by atomic mass is 9.98. The molecule has 4 aromatic carbocycles. The second-order valence-electron chi connectivity index (χ2n) is 7.69. The van der Waals surface area contributed by atoms with Crippen molar-refractivity contribution >= 4 is 10.8 Å². The van der Waals surface area contributed by atoms with E-state index in [1.807, 2.05) is 42.5 Å². The van der Waals surface area contributed by atoms with E-state index in [1.165, 1.54) is 11.1 Å². The summed E-state index contributed by atoms with van der Waals surface area (Å²) in [5.74, 6) is 5.83. The highest BCUT2D eigenvalue weighted by Crippen LogP contribution is 2.27. The highest BCUT2D eigenvalue weighted by atomic mass is 19.1. The van der Waals surface area contributed by atoms with Crippen molar-refractivity contribution in [2.45, 2.75) is 26.2 Å². The number of aryl methyl sites for hydroxylation is 2. The fourth-order valence-corrected chi connectivity index (χ4v) is 3.66. The van der Waals surface area contributed by atoms with Crippen LogP contribution in [0.3, 0.4) is 0 Å². The van der Waals surface area contributed by atoms with Crippen molar-refractivity contribution in [2.75, 3.05) is 0 Å². The molecule has 0 bridgehead atoms. The molecule has 4 aromatic rings. The summed E-state index contributed by atoms with van der Waals surface area (Å²) in [4.78, 5) is 0. The maximum absolute atomic E-state index is 15.1. The van der Waals surface area contributed by atoms with Gasteiger partial charge in [-0.25, -0.2) is 4.39 Å². The van der Waals surface area contributed by atoms with Gasteiger partial charge in [0.2, 0.25) is 0 Å². The third-order valence-electron chi connectivity index (χ3n) is 5.58. The summed E-state index contributed by atoms with van der Waals surface area (Å²) in [6, 6.07) is 26.2. The lowest BCUT2D eigenvalue weighted by Crippen LogP contribution is -1.88. The molecule has 0 heterocycles. The van der Waals surface area contributed by atoms with Gasteiger partial charge in [0.15, 0.2) is 0 Å². The molecule has 0 fully saturated rings. The van der Waals surface area contributed by atoms with E-state index in [-0.39, 0.29) is 5.82 Å². The molecule has 0 amide bonds. The number of halogens is 1. The van der Waals surface area contributed by atoms with Crippen LogP contribution in [0.4, 0.5) is 4.39 Å². The van der Waals surface area contributed by atoms with E-state index >= 15 is 4.39 Å². The third kappa shape index (κ3) is 4.76. The third-order valence-corrected chi connectivity index (χ3v) is 5.58. The Hall–Kier alpha value is -3.63. The zero-order chi connectivity index (χ0) is 21.6. The molecule has 0 saturated carbocycles. The largest absolute Gasteiger partial charge is 0.205 e. The minimum absolute atomic E-state index is 0.263. The highest BCUT2D eigenvalue weighted by Gasteiger charge is 2.07. The first-order chi connectivity index (χ1) is 15.2. The number of hydrogen-bond acceptors (Lipinski definition) is 0. The molecule has 0 atom stereocenters. The van der Waals surface area contributed by atoms with E-state index in [9.17, 15) is 0 Å². The summed E-state index contributed by atoms with van der Waals surface area (Å²) in [6.45, 7) is 5.90. The van der Waals surface area contributed by atoms with Gasteiger partial charge in [0.1, 0.15) is 5.82 Å². The molecule has 0 nitrogen and oxygen atoms in total. The van der Waals surface area contributed by atoms with E-state index in [2.05, 4.69) is 61.7 Å². The summed E-state index contributed by atoms with van der Waals surface area (Å²) in [6.07, 6.45) is 4.87. The van der Waals surface area contributed by atoms with Gasteiger partial charge in [-0.05, 0) is 71.2 Å². The van der Waals surface area contributed by atoms with Crippen LogP contribution in [0, 0.1) is 17.7 Å². The topological polar surface area (TPSA) is 0 Å². The van der Waals surface area contributed by atoms with Crippen molar-refractivity contribution in [1.82, 2.24) is 0 Å². The van der Waals surface area contributed by atoms with Gasteiger partial charge < -0.3 is 0 Å². The molecular weight excluding hydrogens is 379 g/mol. The van der Waals surface area contributed by atoms with Gasteiger partial charge in [-0.1, -0.05) is 79.4 Å². The zero-order valence-corrected chi connectivity index (χ0v) is 17.8. The Labute approximate surface area is 184 Å². The smallest absolute Gasteiger partial charge is 0.146 e. The van der Waals surface area contributed by atoms with Crippen molar-refractivity contribution in [1.29, 1.82) is 0 Å². The monoisotopic (exact) mass is 404 g/mol. The molecule has 0 aliphatic heterocycles. The number of benzene rings is 4. The second-order valence-corrected chi connectivity index (χ2v) is 7.69. The van der Waals surface area contributed by atoms with Crippen molar-refractivity contribution in [2.24, 2.45) is 0 Å². The van der Waals surface area contributed by atoms with Gasteiger partial charge in [-0.2, -0.15) is 0 Å². The van der Waals surface area contributed by atoms with Crippen molar-refractivity contribution < 1.29 is 4.39 Å². The molecule has 0 unspecified atom stereocenters. The van der Waals surface area contributed by atoms with E-state index in [1.54, 1.807) is 6.07 Å². The van der Waals surface area contributed by atoms with Crippen molar-refractivity contribution in [3.63, 3.8) is 0 Å². The Kier molecular flexibility index (Phi) is 6.29. The second kappa shape index (κ2) is 9.45. The van der Waals surface area contributed by atoms with Crippen LogP contribution in [-0.2, 0) is 12.8 Å². The Morgan fingerprint density at radius 2 is 1.52 bits per heavy atom. The molecule has 152 valence electrons. The Bertz CT molecular complexity index is 1270. The predicted molar refractivity (Wildman–Crippen MR) is 130 cm³/mol. The number of hydrogen-bond donors (Lipinski definition) is 0. The molecule has 0 aliphatic carbocycles. The summed E-state index contributed by atoms with van der Waals surface area (Å²) in [7, 11) is 0. The number of fused-ring (bicyclic) bond motifs is 1. The first-order valence-corrected chi connectivity index (χ1v) is 10.7. The lowest BCUT2D eigenvalue weighted by molar-refractivity contribution is 0.636. The van der Waals surface area contributed by atoms with Crippen molar-refractivity contribution in [3.8, 4) is 23.0 Å². The quantitative estimate of drug-likeness (QED) is 0.236. The van der Waals surface area contributed by atoms with E-state index in [4.69, 9.17) is 0 Å². The molecule has 0 aliphatic rings. The van der Waals surface area contributed by atoms with Crippen LogP contribution in [0.5, 0.6) is 0 Å². The van der Waals surface area contributed by atoms with Gasteiger partial charge in [-0.15, -0.1) is 6.58 Å². The maximum Gasteiger partial charge on any atom is 0.146 e.